The largest absolute Gasteiger partial charge is 0.355 e. The number of amides is 1. The Morgan fingerprint density at radius 3 is 2.85 bits per heavy atom. The fraction of sp³-hybridized carbons (Fsp3) is 0.333. The quantitative estimate of drug-likeness (QED) is 0.698. The lowest BCUT2D eigenvalue weighted by Gasteiger charge is -2.18. The standard InChI is InChI=1S/C21H25FN4O/c1-15-6-5-10-26-19(14-24-21(15)26)18(16-7-4-8-17(22)12-16)13-20(27)23-9-11-25(2)3/h4-8,10,12,14,18H,9,11,13H2,1-3H3,(H,23,27). The number of rotatable bonds is 7. The van der Waals surface area contributed by atoms with E-state index in [1.165, 1.54) is 12.1 Å². The highest BCUT2D eigenvalue weighted by molar-refractivity contribution is 5.77. The summed E-state index contributed by atoms with van der Waals surface area (Å²) in [5.41, 5.74) is 3.54. The van der Waals surface area contributed by atoms with E-state index in [4.69, 9.17) is 0 Å². The van der Waals surface area contributed by atoms with Gasteiger partial charge in [-0.3, -0.25) is 4.79 Å². The highest BCUT2D eigenvalue weighted by Gasteiger charge is 2.22. The number of nitrogens with zero attached hydrogens (tertiary/aromatic N) is 3. The maximum Gasteiger partial charge on any atom is 0.221 e. The van der Waals surface area contributed by atoms with Gasteiger partial charge in [-0.2, -0.15) is 0 Å². The SMILES string of the molecule is Cc1cccn2c(C(CC(=O)NCCN(C)C)c3cccc(F)c3)cnc12. The van der Waals surface area contributed by atoms with Gasteiger partial charge >= 0.3 is 0 Å². The van der Waals surface area contributed by atoms with Crippen molar-refractivity contribution in [2.24, 2.45) is 0 Å². The number of aryl methyl sites for hydroxylation is 1. The first-order valence-corrected chi connectivity index (χ1v) is 9.05. The lowest BCUT2D eigenvalue weighted by molar-refractivity contribution is -0.121. The summed E-state index contributed by atoms with van der Waals surface area (Å²) in [4.78, 5) is 19.1. The molecular weight excluding hydrogens is 343 g/mol. The van der Waals surface area contributed by atoms with E-state index in [1.54, 1.807) is 12.3 Å². The molecule has 1 amide bonds. The number of halogens is 1. The molecule has 1 N–H and O–H groups in total. The third-order valence-corrected chi connectivity index (χ3v) is 4.64. The lowest BCUT2D eigenvalue weighted by Crippen LogP contribution is -2.32. The molecule has 0 radical (unpaired) electrons. The van der Waals surface area contributed by atoms with Crippen LogP contribution in [0.1, 0.15) is 29.2 Å². The maximum absolute atomic E-state index is 13.8. The molecule has 6 heteroatoms. The number of likely N-dealkylation sites (N-methyl/N-ethyl adjacent to an activating group) is 1. The van der Waals surface area contributed by atoms with Gasteiger partial charge in [0, 0.05) is 37.8 Å². The van der Waals surface area contributed by atoms with Crippen LogP contribution in [0.5, 0.6) is 0 Å². The van der Waals surface area contributed by atoms with Crippen molar-refractivity contribution < 1.29 is 9.18 Å². The highest BCUT2D eigenvalue weighted by atomic mass is 19.1. The smallest absolute Gasteiger partial charge is 0.221 e. The summed E-state index contributed by atoms with van der Waals surface area (Å²) in [6, 6.07) is 10.4. The van der Waals surface area contributed by atoms with Crippen LogP contribution in [0.2, 0.25) is 0 Å². The second-order valence-electron chi connectivity index (χ2n) is 7.03. The number of fused-ring (bicyclic) bond motifs is 1. The van der Waals surface area contributed by atoms with Gasteiger partial charge in [0.05, 0.1) is 5.69 Å². The van der Waals surface area contributed by atoms with Crippen molar-refractivity contribution in [1.29, 1.82) is 0 Å². The minimum absolute atomic E-state index is 0.0614. The van der Waals surface area contributed by atoms with Crippen LogP contribution in [0, 0.1) is 12.7 Å². The average molecular weight is 368 g/mol. The number of benzene rings is 1. The molecular formula is C21H25FN4O. The molecule has 3 aromatic rings. The minimum atomic E-state index is -0.310. The van der Waals surface area contributed by atoms with Gasteiger partial charge in [-0.1, -0.05) is 18.2 Å². The van der Waals surface area contributed by atoms with Crippen molar-refractivity contribution in [2.45, 2.75) is 19.3 Å². The van der Waals surface area contributed by atoms with E-state index in [0.29, 0.717) is 6.54 Å². The Morgan fingerprint density at radius 1 is 1.30 bits per heavy atom. The third-order valence-electron chi connectivity index (χ3n) is 4.64. The number of hydrogen-bond donors (Lipinski definition) is 1. The van der Waals surface area contributed by atoms with Crippen molar-refractivity contribution in [3.8, 4) is 0 Å². The van der Waals surface area contributed by atoms with Crippen LogP contribution >= 0.6 is 0 Å². The molecule has 5 nitrogen and oxygen atoms in total. The summed E-state index contributed by atoms with van der Waals surface area (Å²) < 4.78 is 15.8. The predicted molar refractivity (Wildman–Crippen MR) is 104 cm³/mol. The van der Waals surface area contributed by atoms with E-state index in [9.17, 15) is 9.18 Å². The fourth-order valence-electron chi connectivity index (χ4n) is 3.22. The molecule has 142 valence electrons. The van der Waals surface area contributed by atoms with Gasteiger partial charge in [0.25, 0.3) is 0 Å². The van der Waals surface area contributed by atoms with E-state index in [0.717, 1.165) is 29.0 Å². The topological polar surface area (TPSA) is 49.6 Å². The molecule has 2 heterocycles. The first-order chi connectivity index (χ1) is 13.0. The first-order valence-electron chi connectivity index (χ1n) is 9.05. The molecule has 3 rings (SSSR count). The Hall–Kier alpha value is -2.73. The Labute approximate surface area is 158 Å². The van der Waals surface area contributed by atoms with Crippen molar-refractivity contribution >= 4 is 11.6 Å². The summed E-state index contributed by atoms with van der Waals surface area (Å²) in [6.45, 7) is 3.34. The zero-order valence-corrected chi connectivity index (χ0v) is 15.9. The average Bonchev–Trinajstić information content (AvgIpc) is 3.04. The Morgan fingerprint density at radius 2 is 2.11 bits per heavy atom. The summed E-state index contributed by atoms with van der Waals surface area (Å²) in [7, 11) is 3.92. The van der Waals surface area contributed by atoms with Gasteiger partial charge in [-0.25, -0.2) is 9.37 Å². The zero-order valence-electron chi connectivity index (χ0n) is 15.9. The van der Waals surface area contributed by atoms with Crippen LogP contribution in [0.4, 0.5) is 4.39 Å². The maximum atomic E-state index is 13.8. The van der Waals surface area contributed by atoms with E-state index < -0.39 is 0 Å². The molecule has 0 bridgehead atoms. The number of aromatic nitrogens is 2. The molecule has 1 atom stereocenters. The van der Waals surface area contributed by atoms with Crippen LogP contribution in [0.3, 0.4) is 0 Å². The summed E-state index contributed by atoms with van der Waals surface area (Å²) in [6.07, 6.45) is 3.95. The van der Waals surface area contributed by atoms with Crippen LogP contribution in [0.25, 0.3) is 5.65 Å². The second-order valence-corrected chi connectivity index (χ2v) is 7.03. The fourth-order valence-corrected chi connectivity index (χ4v) is 3.22. The number of imidazole rings is 1. The summed E-state index contributed by atoms with van der Waals surface area (Å²) in [5.74, 6) is -0.652. The third kappa shape index (κ3) is 4.52. The van der Waals surface area contributed by atoms with Crippen LogP contribution in [-0.2, 0) is 4.79 Å². The monoisotopic (exact) mass is 368 g/mol. The van der Waals surface area contributed by atoms with Gasteiger partial charge < -0.3 is 14.6 Å². The van der Waals surface area contributed by atoms with Crippen molar-refractivity contribution in [2.75, 3.05) is 27.2 Å². The molecule has 1 unspecified atom stereocenters. The number of carbonyl (C=O) groups is 1. The molecule has 0 aliphatic carbocycles. The van der Waals surface area contributed by atoms with E-state index >= 15 is 0 Å². The van der Waals surface area contributed by atoms with E-state index in [-0.39, 0.29) is 24.1 Å². The van der Waals surface area contributed by atoms with Gasteiger partial charge in [0.15, 0.2) is 0 Å². The molecule has 0 fully saturated rings. The van der Waals surface area contributed by atoms with Crippen LogP contribution in [-0.4, -0.2) is 47.4 Å². The number of carbonyl (C=O) groups excluding carboxylic acids is 1. The Balaban J connectivity index is 1.93. The van der Waals surface area contributed by atoms with Crippen LogP contribution in [0.15, 0.2) is 48.8 Å². The van der Waals surface area contributed by atoms with Gasteiger partial charge in [0.1, 0.15) is 11.5 Å². The van der Waals surface area contributed by atoms with E-state index in [1.807, 2.05) is 54.7 Å². The Kier molecular flexibility index (Phi) is 5.86. The zero-order chi connectivity index (χ0) is 19.4. The van der Waals surface area contributed by atoms with Gasteiger partial charge in [0.2, 0.25) is 5.91 Å². The normalized spacial score (nSPS) is 12.5. The first kappa shape index (κ1) is 19.0. The molecule has 2 aromatic heterocycles. The molecule has 0 aliphatic rings. The number of nitrogens with one attached hydrogen (secondary N) is 1. The number of pyridine rings is 1. The summed E-state index contributed by atoms with van der Waals surface area (Å²) in [5, 5.41) is 2.95. The summed E-state index contributed by atoms with van der Waals surface area (Å²) >= 11 is 0. The molecule has 1 aromatic carbocycles. The van der Waals surface area contributed by atoms with Gasteiger partial charge in [-0.05, 0) is 50.3 Å². The van der Waals surface area contributed by atoms with E-state index in [2.05, 4.69) is 10.3 Å². The molecule has 0 saturated carbocycles. The van der Waals surface area contributed by atoms with Crippen LogP contribution < -0.4 is 5.32 Å². The Bertz CT molecular complexity index is 935. The molecule has 0 spiro atoms. The predicted octanol–water partition coefficient (Wildman–Crippen LogP) is 2.98. The van der Waals surface area contributed by atoms with Crippen molar-refractivity contribution in [3.05, 3.63) is 71.4 Å². The second kappa shape index (κ2) is 8.31. The van der Waals surface area contributed by atoms with Crippen molar-refractivity contribution in [1.82, 2.24) is 19.6 Å². The lowest BCUT2D eigenvalue weighted by atomic mass is 9.92. The molecule has 0 aliphatic heterocycles. The number of hydrogen-bond acceptors (Lipinski definition) is 3. The minimum Gasteiger partial charge on any atom is -0.355 e. The molecule has 27 heavy (non-hydrogen) atoms. The van der Waals surface area contributed by atoms with Gasteiger partial charge in [-0.15, -0.1) is 0 Å². The highest BCUT2D eigenvalue weighted by Crippen LogP contribution is 2.29. The molecule has 0 saturated heterocycles. The van der Waals surface area contributed by atoms with Crippen molar-refractivity contribution in [3.63, 3.8) is 0 Å².